The van der Waals surface area contributed by atoms with Gasteiger partial charge in [0.15, 0.2) is 9.84 Å². The number of hydrogen-bond acceptors (Lipinski definition) is 5. The fourth-order valence-electron chi connectivity index (χ4n) is 3.71. The van der Waals surface area contributed by atoms with Crippen molar-refractivity contribution in [2.24, 2.45) is 0 Å². The molecule has 4 rings (SSSR count). The van der Waals surface area contributed by atoms with Crippen molar-refractivity contribution < 1.29 is 17.9 Å². The number of alkyl carbamates (subject to hydrolysis) is 1. The SMILES string of the molecule is CC(C)(C)OC(=O)NC12CCC(CC1)Nc1ccc(S(C)(=O)=O)cc12. The molecule has 7 heteroatoms. The first-order chi connectivity index (χ1) is 11.5. The van der Waals surface area contributed by atoms with Crippen molar-refractivity contribution in [1.82, 2.24) is 5.32 Å². The number of carbonyl (C=O) groups excluding carboxylic acids is 1. The Morgan fingerprint density at radius 2 is 1.92 bits per heavy atom. The second-order valence-corrected chi connectivity index (χ2v) is 10.1. The Hall–Kier alpha value is -1.76. The van der Waals surface area contributed by atoms with Crippen molar-refractivity contribution in [3.63, 3.8) is 0 Å². The van der Waals surface area contributed by atoms with E-state index in [0.717, 1.165) is 36.9 Å². The maximum absolute atomic E-state index is 12.4. The standard InChI is InChI=1S/C18H26N2O4S/c1-17(2,3)24-16(21)20-18-9-7-12(8-10-18)19-15-6-5-13(11-14(15)18)25(4,22)23/h5-6,11-12,19H,7-10H2,1-4H3,(H,20,21). The quantitative estimate of drug-likeness (QED) is 0.840. The van der Waals surface area contributed by atoms with Crippen LogP contribution in [0.3, 0.4) is 0 Å². The molecule has 0 radical (unpaired) electrons. The average Bonchev–Trinajstić information content (AvgIpc) is 2.69. The fourth-order valence-corrected chi connectivity index (χ4v) is 4.36. The van der Waals surface area contributed by atoms with Crippen LogP contribution in [0, 0.1) is 0 Å². The van der Waals surface area contributed by atoms with Gasteiger partial charge in [-0.1, -0.05) is 0 Å². The summed E-state index contributed by atoms with van der Waals surface area (Å²) in [4.78, 5) is 12.7. The van der Waals surface area contributed by atoms with Crippen LogP contribution in [0.5, 0.6) is 0 Å². The second kappa shape index (κ2) is 5.90. The highest BCUT2D eigenvalue weighted by Crippen LogP contribution is 2.45. The molecule has 2 N–H and O–H groups in total. The topological polar surface area (TPSA) is 84.5 Å². The normalized spacial score (nSPS) is 25.5. The Morgan fingerprint density at radius 1 is 1.28 bits per heavy atom. The van der Waals surface area contributed by atoms with Gasteiger partial charge >= 0.3 is 6.09 Å². The molecule has 25 heavy (non-hydrogen) atoms. The van der Waals surface area contributed by atoms with Gasteiger partial charge in [0.05, 0.1) is 10.4 Å². The highest BCUT2D eigenvalue weighted by atomic mass is 32.2. The van der Waals surface area contributed by atoms with Crippen LogP contribution in [0.25, 0.3) is 0 Å². The van der Waals surface area contributed by atoms with E-state index in [-0.39, 0.29) is 4.90 Å². The molecular formula is C18H26N2O4S. The minimum absolute atomic E-state index is 0.267. The zero-order chi connectivity index (χ0) is 18.5. The Bertz CT molecular complexity index is 788. The summed E-state index contributed by atoms with van der Waals surface area (Å²) in [7, 11) is -3.32. The predicted octanol–water partition coefficient (Wildman–Crippen LogP) is 3.18. The Kier molecular flexibility index (Phi) is 4.26. The van der Waals surface area contributed by atoms with Gasteiger partial charge in [-0.3, -0.25) is 0 Å². The molecule has 138 valence electrons. The summed E-state index contributed by atoms with van der Waals surface area (Å²) in [5.74, 6) is 0. The summed E-state index contributed by atoms with van der Waals surface area (Å²) in [5.41, 5.74) is 0.543. The first-order valence-electron chi connectivity index (χ1n) is 8.61. The van der Waals surface area contributed by atoms with Gasteiger partial charge in [-0.15, -0.1) is 0 Å². The molecule has 0 atom stereocenters. The molecule has 2 heterocycles. The number of hydrogen-bond donors (Lipinski definition) is 2. The van der Waals surface area contributed by atoms with Crippen molar-refractivity contribution in [3.8, 4) is 0 Å². The third kappa shape index (κ3) is 3.76. The maximum Gasteiger partial charge on any atom is 0.408 e. The lowest BCUT2D eigenvalue weighted by atomic mass is 9.76. The van der Waals surface area contributed by atoms with E-state index < -0.39 is 27.1 Å². The van der Waals surface area contributed by atoms with Gasteiger partial charge < -0.3 is 15.4 Å². The lowest BCUT2D eigenvalue weighted by molar-refractivity contribution is 0.0421. The van der Waals surface area contributed by atoms with Crippen LogP contribution >= 0.6 is 0 Å². The summed E-state index contributed by atoms with van der Waals surface area (Å²) < 4.78 is 29.4. The highest BCUT2D eigenvalue weighted by molar-refractivity contribution is 7.90. The molecule has 0 saturated heterocycles. The molecular weight excluding hydrogens is 340 g/mol. The maximum atomic E-state index is 12.4. The molecule has 1 aliphatic carbocycles. The second-order valence-electron chi connectivity index (χ2n) is 8.11. The van der Waals surface area contributed by atoms with E-state index in [1.807, 2.05) is 20.8 Å². The van der Waals surface area contributed by atoms with Crippen LogP contribution in [0.4, 0.5) is 10.5 Å². The first-order valence-corrected chi connectivity index (χ1v) is 10.5. The van der Waals surface area contributed by atoms with Crippen LogP contribution in [0.1, 0.15) is 52.0 Å². The van der Waals surface area contributed by atoms with Gasteiger partial charge in [-0.05, 0) is 64.7 Å². The van der Waals surface area contributed by atoms with E-state index in [0.29, 0.717) is 6.04 Å². The Morgan fingerprint density at radius 3 is 2.48 bits per heavy atom. The summed E-state index contributed by atoms with van der Waals surface area (Å²) in [6.07, 6.45) is 4.07. The fraction of sp³-hybridized carbons (Fsp3) is 0.611. The van der Waals surface area contributed by atoms with E-state index >= 15 is 0 Å². The molecule has 2 bridgehead atoms. The van der Waals surface area contributed by atoms with Crippen LogP contribution in [-0.4, -0.2) is 32.4 Å². The van der Waals surface area contributed by atoms with Gasteiger partial charge in [0.1, 0.15) is 5.60 Å². The molecule has 3 aliphatic rings. The monoisotopic (exact) mass is 366 g/mol. The number of nitrogens with one attached hydrogen (secondary N) is 2. The number of ether oxygens (including phenoxy) is 1. The molecule has 1 aromatic rings. The van der Waals surface area contributed by atoms with Crippen molar-refractivity contribution in [3.05, 3.63) is 23.8 Å². The lowest BCUT2D eigenvalue weighted by Crippen LogP contribution is -2.49. The molecule has 0 unspecified atom stereocenters. The summed E-state index contributed by atoms with van der Waals surface area (Å²) >= 11 is 0. The van der Waals surface area contributed by atoms with Crippen molar-refractivity contribution in [2.45, 2.75) is 68.5 Å². The smallest absolute Gasteiger partial charge is 0.408 e. The van der Waals surface area contributed by atoms with E-state index in [9.17, 15) is 13.2 Å². The Balaban J connectivity index is 2.03. The largest absolute Gasteiger partial charge is 0.444 e. The van der Waals surface area contributed by atoms with Gasteiger partial charge in [0, 0.05) is 23.5 Å². The van der Waals surface area contributed by atoms with E-state index in [1.54, 1.807) is 18.2 Å². The number of anilines is 1. The average molecular weight is 366 g/mol. The van der Waals surface area contributed by atoms with Gasteiger partial charge in [0.25, 0.3) is 0 Å². The number of amides is 1. The molecule has 1 saturated carbocycles. The number of benzene rings is 1. The van der Waals surface area contributed by atoms with Crippen LogP contribution in [0.2, 0.25) is 0 Å². The minimum Gasteiger partial charge on any atom is -0.444 e. The van der Waals surface area contributed by atoms with Crippen LogP contribution < -0.4 is 10.6 Å². The van der Waals surface area contributed by atoms with E-state index in [2.05, 4.69) is 10.6 Å². The highest BCUT2D eigenvalue weighted by Gasteiger charge is 2.43. The van der Waals surface area contributed by atoms with E-state index in [1.165, 1.54) is 6.26 Å². The molecule has 6 nitrogen and oxygen atoms in total. The first kappa shape index (κ1) is 18.0. The predicted molar refractivity (Wildman–Crippen MR) is 96.5 cm³/mol. The van der Waals surface area contributed by atoms with Crippen molar-refractivity contribution in [2.75, 3.05) is 11.6 Å². The lowest BCUT2D eigenvalue weighted by Gasteiger charge is -2.38. The summed E-state index contributed by atoms with van der Waals surface area (Å²) in [5, 5.41) is 6.54. The summed E-state index contributed by atoms with van der Waals surface area (Å²) in [6, 6.07) is 5.47. The molecule has 0 aromatic heterocycles. The minimum atomic E-state index is -3.32. The van der Waals surface area contributed by atoms with Crippen molar-refractivity contribution in [1.29, 1.82) is 0 Å². The molecule has 1 fully saturated rings. The molecule has 1 amide bonds. The zero-order valence-electron chi connectivity index (χ0n) is 15.2. The zero-order valence-corrected chi connectivity index (χ0v) is 16.0. The van der Waals surface area contributed by atoms with Gasteiger partial charge in [0.2, 0.25) is 0 Å². The van der Waals surface area contributed by atoms with Crippen LogP contribution in [-0.2, 0) is 20.1 Å². The molecule has 2 aliphatic heterocycles. The van der Waals surface area contributed by atoms with Crippen molar-refractivity contribution >= 4 is 21.6 Å². The number of rotatable bonds is 2. The van der Waals surface area contributed by atoms with Crippen LogP contribution in [0.15, 0.2) is 23.1 Å². The molecule has 1 aromatic carbocycles. The third-order valence-corrected chi connectivity index (χ3v) is 5.98. The van der Waals surface area contributed by atoms with E-state index in [4.69, 9.17) is 4.74 Å². The van der Waals surface area contributed by atoms with Gasteiger partial charge in [-0.25, -0.2) is 13.2 Å². The number of fused-ring (bicyclic) bond motifs is 2. The van der Waals surface area contributed by atoms with Gasteiger partial charge in [-0.2, -0.15) is 0 Å². The summed E-state index contributed by atoms with van der Waals surface area (Å²) in [6.45, 7) is 5.47. The Labute approximate surface area is 149 Å². The molecule has 0 spiro atoms. The third-order valence-electron chi connectivity index (χ3n) is 4.87. The number of sulfone groups is 1. The number of carbonyl (C=O) groups is 1.